The molecule has 1 heterocycles. The van der Waals surface area contributed by atoms with Crippen molar-refractivity contribution in [3.8, 4) is 0 Å². The molecule has 0 spiro atoms. The number of hydrogen-bond acceptors (Lipinski definition) is 3. The molecule has 0 saturated carbocycles. The van der Waals surface area contributed by atoms with Crippen LogP contribution < -0.4 is 5.73 Å². The number of nitrogens with zero attached hydrogens (tertiary/aromatic N) is 2. The number of carbonyl (C=O) groups excluding carboxylic acids is 1. The van der Waals surface area contributed by atoms with Crippen molar-refractivity contribution in [1.29, 1.82) is 0 Å². The molecule has 0 unspecified atom stereocenters. The van der Waals surface area contributed by atoms with Crippen LogP contribution in [0.4, 0.5) is 0 Å². The second-order valence-corrected chi connectivity index (χ2v) is 9.95. The van der Waals surface area contributed by atoms with E-state index < -0.39 is 5.54 Å². The van der Waals surface area contributed by atoms with E-state index in [1.807, 2.05) is 43.0 Å². The average Bonchev–Trinajstić information content (AvgIpc) is 3.10. The summed E-state index contributed by atoms with van der Waals surface area (Å²) in [5.41, 5.74) is 10.3. The standard InChI is InChI=1S/C30H37N3O/c1-30(2,31)27-16-14-26(15-17-27)29(34)33-20-9-19-32(22-23-33)21-18-28(24-10-5-3-6-11-24)25-12-7-4-8-13-25/h3-8,10-17,28H,9,18-23,31H2,1-2H3. The van der Waals surface area contributed by atoms with Gasteiger partial charge in [0.05, 0.1) is 0 Å². The minimum Gasteiger partial charge on any atom is -0.337 e. The maximum Gasteiger partial charge on any atom is 0.253 e. The Labute approximate surface area is 204 Å². The SMILES string of the molecule is CC(C)(N)c1ccc(C(=O)N2CCCN(CCC(c3ccccc3)c3ccccc3)CC2)cc1. The van der Waals surface area contributed by atoms with Gasteiger partial charge in [-0.1, -0.05) is 72.8 Å². The number of benzene rings is 3. The summed E-state index contributed by atoms with van der Waals surface area (Å²) in [5.74, 6) is 0.503. The van der Waals surface area contributed by atoms with Gasteiger partial charge in [0.1, 0.15) is 0 Å². The largest absolute Gasteiger partial charge is 0.337 e. The third-order valence-corrected chi connectivity index (χ3v) is 6.89. The minimum absolute atomic E-state index is 0.120. The van der Waals surface area contributed by atoms with Gasteiger partial charge < -0.3 is 15.5 Å². The molecule has 4 heteroatoms. The maximum atomic E-state index is 13.1. The molecule has 1 aliphatic heterocycles. The van der Waals surface area contributed by atoms with Crippen LogP contribution in [0.15, 0.2) is 84.9 Å². The van der Waals surface area contributed by atoms with Crippen molar-refractivity contribution in [1.82, 2.24) is 9.80 Å². The molecule has 4 rings (SSSR count). The minimum atomic E-state index is -0.401. The van der Waals surface area contributed by atoms with Crippen molar-refractivity contribution in [3.63, 3.8) is 0 Å². The van der Waals surface area contributed by atoms with Gasteiger partial charge in [-0.25, -0.2) is 0 Å². The lowest BCUT2D eigenvalue weighted by molar-refractivity contribution is 0.0761. The topological polar surface area (TPSA) is 49.6 Å². The van der Waals surface area contributed by atoms with Gasteiger partial charge in [0.2, 0.25) is 0 Å². The van der Waals surface area contributed by atoms with Crippen molar-refractivity contribution in [2.24, 2.45) is 5.73 Å². The van der Waals surface area contributed by atoms with E-state index in [1.54, 1.807) is 0 Å². The molecule has 1 saturated heterocycles. The number of nitrogens with two attached hydrogens (primary N) is 1. The molecular formula is C30H37N3O. The lowest BCUT2D eigenvalue weighted by atomic mass is 9.88. The van der Waals surface area contributed by atoms with E-state index in [0.29, 0.717) is 5.92 Å². The lowest BCUT2D eigenvalue weighted by Gasteiger charge is -2.25. The zero-order valence-electron chi connectivity index (χ0n) is 20.5. The zero-order valence-corrected chi connectivity index (χ0v) is 20.5. The number of carbonyl (C=O) groups is 1. The lowest BCUT2D eigenvalue weighted by Crippen LogP contribution is -2.35. The molecule has 0 radical (unpaired) electrons. The highest BCUT2D eigenvalue weighted by molar-refractivity contribution is 5.94. The normalized spacial score (nSPS) is 15.4. The van der Waals surface area contributed by atoms with Crippen LogP contribution in [0.3, 0.4) is 0 Å². The fourth-order valence-electron chi connectivity index (χ4n) is 4.83. The van der Waals surface area contributed by atoms with Gasteiger partial charge in [-0.3, -0.25) is 4.79 Å². The fourth-order valence-corrected chi connectivity index (χ4v) is 4.83. The van der Waals surface area contributed by atoms with Crippen molar-refractivity contribution in [3.05, 3.63) is 107 Å². The van der Waals surface area contributed by atoms with E-state index in [-0.39, 0.29) is 5.91 Å². The van der Waals surface area contributed by atoms with Gasteiger partial charge in [0.15, 0.2) is 0 Å². The first-order chi connectivity index (χ1) is 16.4. The average molecular weight is 456 g/mol. The summed E-state index contributed by atoms with van der Waals surface area (Å²) in [6.07, 6.45) is 2.07. The molecule has 4 nitrogen and oxygen atoms in total. The predicted molar refractivity (Wildman–Crippen MR) is 140 cm³/mol. The molecule has 3 aromatic rings. The van der Waals surface area contributed by atoms with Gasteiger partial charge in [-0.2, -0.15) is 0 Å². The van der Waals surface area contributed by atoms with Gasteiger partial charge in [0.25, 0.3) is 5.91 Å². The third-order valence-electron chi connectivity index (χ3n) is 6.89. The van der Waals surface area contributed by atoms with Gasteiger partial charge in [-0.05, 0) is 68.6 Å². The van der Waals surface area contributed by atoms with E-state index >= 15 is 0 Å². The monoisotopic (exact) mass is 455 g/mol. The van der Waals surface area contributed by atoms with Crippen molar-refractivity contribution in [2.45, 2.75) is 38.1 Å². The third kappa shape index (κ3) is 6.13. The highest BCUT2D eigenvalue weighted by Crippen LogP contribution is 2.28. The first-order valence-electron chi connectivity index (χ1n) is 12.4. The summed E-state index contributed by atoms with van der Waals surface area (Å²) in [6, 6.07) is 29.4. The van der Waals surface area contributed by atoms with E-state index in [2.05, 4.69) is 65.6 Å². The van der Waals surface area contributed by atoms with Gasteiger partial charge in [-0.15, -0.1) is 0 Å². The zero-order chi connectivity index (χ0) is 24.0. The van der Waals surface area contributed by atoms with Crippen molar-refractivity contribution < 1.29 is 4.79 Å². The molecule has 34 heavy (non-hydrogen) atoms. The van der Waals surface area contributed by atoms with Crippen LogP contribution in [0.25, 0.3) is 0 Å². The second kappa shape index (κ2) is 11.0. The maximum absolute atomic E-state index is 13.1. The number of amides is 1. The summed E-state index contributed by atoms with van der Waals surface area (Å²) >= 11 is 0. The van der Waals surface area contributed by atoms with E-state index in [4.69, 9.17) is 5.73 Å². The molecule has 3 aromatic carbocycles. The molecule has 0 atom stereocenters. The van der Waals surface area contributed by atoms with Crippen LogP contribution in [0.2, 0.25) is 0 Å². The molecule has 1 aliphatic rings. The smallest absolute Gasteiger partial charge is 0.253 e. The fraction of sp³-hybridized carbons (Fsp3) is 0.367. The Bertz CT molecular complexity index is 1000. The quantitative estimate of drug-likeness (QED) is 0.529. The van der Waals surface area contributed by atoms with Crippen LogP contribution in [-0.4, -0.2) is 48.4 Å². The first kappa shape index (κ1) is 24.2. The molecule has 1 fully saturated rings. The van der Waals surface area contributed by atoms with E-state index in [0.717, 1.165) is 56.7 Å². The van der Waals surface area contributed by atoms with Crippen molar-refractivity contribution in [2.75, 3.05) is 32.7 Å². The number of hydrogen-bond donors (Lipinski definition) is 1. The predicted octanol–water partition coefficient (Wildman–Crippen LogP) is 5.25. The van der Waals surface area contributed by atoms with Gasteiger partial charge >= 0.3 is 0 Å². The van der Waals surface area contributed by atoms with Crippen LogP contribution in [-0.2, 0) is 5.54 Å². The number of rotatable bonds is 7. The molecule has 1 amide bonds. The molecule has 178 valence electrons. The van der Waals surface area contributed by atoms with E-state index in [9.17, 15) is 4.79 Å². The first-order valence-corrected chi connectivity index (χ1v) is 12.4. The Balaban J connectivity index is 1.37. The Kier molecular flexibility index (Phi) is 7.81. The van der Waals surface area contributed by atoms with Crippen LogP contribution in [0.5, 0.6) is 0 Å². The highest BCUT2D eigenvalue weighted by Gasteiger charge is 2.22. The molecule has 0 bridgehead atoms. The van der Waals surface area contributed by atoms with Crippen LogP contribution in [0, 0.1) is 0 Å². The Morgan fingerprint density at radius 2 is 1.41 bits per heavy atom. The van der Waals surface area contributed by atoms with Gasteiger partial charge in [0, 0.05) is 36.7 Å². The Hall–Kier alpha value is -2.95. The summed E-state index contributed by atoms with van der Waals surface area (Å²) < 4.78 is 0. The molecule has 0 aromatic heterocycles. The Morgan fingerprint density at radius 3 is 1.97 bits per heavy atom. The Morgan fingerprint density at radius 1 is 0.824 bits per heavy atom. The molecule has 0 aliphatic carbocycles. The van der Waals surface area contributed by atoms with Crippen molar-refractivity contribution >= 4 is 5.91 Å². The molecular weight excluding hydrogens is 418 g/mol. The summed E-state index contributed by atoms with van der Waals surface area (Å²) in [4.78, 5) is 17.7. The van der Waals surface area contributed by atoms with E-state index in [1.165, 1.54) is 11.1 Å². The summed E-state index contributed by atoms with van der Waals surface area (Å²) in [5, 5.41) is 0. The highest BCUT2D eigenvalue weighted by atomic mass is 16.2. The molecule has 2 N–H and O–H groups in total. The summed E-state index contributed by atoms with van der Waals surface area (Å²) in [7, 11) is 0. The summed E-state index contributed by atoms with van der Waals surface area (Å²) in [6.45, 7) is 8.50. The second-order valence-electron chi connectivity index (χ2n) is 9.95. The van der Waals surface area contributed by atoms with Crippen LogP contribution >= 0.6 is 0 Å². The van der Waals surface area contributed by atoms with Crippen LogP contribution in [0.1, 0.15) is 59.7 Å².